The molecule has 2 heterocycles. The number of aliphatic hydroxyl groups is 1. The van der Waals surface area contributed by atoms with Crippen LogP contribution in [0.5, 0.6) is 5.75 Å². The number of fused-ring (bicyclic) bond motifs is 2. The van der Waals surface area contributed by atoms with Gasteiger partial charge in [0.05, 0.1) is 52.0 Å². The van der Waals surface area contributed by atoms with E-state index in [2.05, 4.69) is 55.7 Å². The van der Waals surface area contributed by atoms with Gasteiger partial charge in [-0.1, -0.05) is 257 Å². The number of aliphatic hydroxyl groups excluding tert-OH is 1. The van der Waals surface area contributed by atoms with Crippen LogP contribution in [0.25, 0.3) is 21.8 Å². The third-order valence-electron chi connectivity index (χ3n) is 21.7. The van der Waals surface area contributed by atoms with Crippen LogP contribution in [-0.2, 0) is 94.6 Å². The molecule has 9 atom stereocenters. The molecule has 5 rings (SSSR count). The molecular formula is C92H148N8O20P2. The first-order valence-electron chi connectivity index (χ1n) is 45.3. The van der Waals surface area contributed by atoms with Crippen LogP contribution in [0.3, 0.4) is 0 Å². The quantitative estimate of drug-likeness (QED) is 0.00978. The fourth-order valence-electron chi connectivity index (χ4n) is 14.0. The normalized spacial score (nSPS) is 14.1. The van der Waals surface area contributed by atoms with Gasteiger partial charge in [-0.2, -0.15) is 0 Å². The molecule has 0 aliphatic heterocycles. The van der Waals surface area contributed by atoms with Crippen molar-refractivity contribution in [3.8, 4) is 5.75 Å². The SMILES string of the molecule is CCCCCCCCCCCC(=O)N[C@@H](COP(=O)(O)OCCNC(=O)[C@@H](NC(=O)Cc1c[nH]c2ccccc12)[C@@H](C)CC)C(=O)CCCCOC(C)=O.CCCCCCCCCCCCCCCCCCCC(=O)N[C@@H](COP(=O)(O)OCCNC(=O)[C@@H](NC(=O)Cc1c[nH]c2ccc(OCc3ccccc3)cc12)[C@@H](C)CC)C(=O)CCCC(C)O. The number of phosphoric acid groups is 2. The lowest BCUT2D eigenvalue weighted by molar-refractivity contribution is -0.141. The predicted octanol–water partition coefficient (Wildman–Crippen LogP) is 16.9. The van der Waals surface area contributed by atoms with E-state index in [-0.39, 0.29) is 99.5 Å². The second-order valence-electron chi connectivity index (χ2n) is 32.3. The highest BCUT2D eigenvalue weighted by Gasteiger charge is 2.32. The van der Waals surface area contributed by atoms with Crippen LogP contribution in [0.2, 0.25) is 0 Å². The van der Waals surface area contributed by atoms with Crippen molar-refractivity contribution in [2.45, 2.75) is 336 Å². The minimum Gasteiger partial charge on any atom is -0.489 e. The number of Topliss-reactive ketones (excluding diaryl/α,β-unsaturated/α-hetero) is 2. The second-order valence-corrected chi connectivity index (χ2v) is 35.3. The standard InChI is InChI=1S/C53H85N4O10P.C39H63N4O10P/c1-5-7-8-9-10-11-12-13-14-15-16-17-18-19-20-21-25-31-50(60)56-48(49(59)30-26-27-42(4)58)40-67-68(63,64)66-35-34-54-53(62)52(41(3)6-2)57-51(61)36-44-38-55-47-33-32-45(37-46(44)47)65-39-43-28-23-22-24-29-43;1-5-7-8-9-10-11-12-13-14-22-36(46)42-34(35(45)21-17-18-24-51-30(4)44)28-53-54(49,50)52-25-23-40-39(48)38(29(3)6-2)43-37(47)26-31-27-41-33-20-16-15-19-32(31)33/h22-24,28-29,32-33,37-38,41-42,48,52,55,58H,5-21,25-27,30-31,34-36,39-40H2,1-4H3,(H,54,62)(H,56,60)(H,57,61)(H,63,64);15-16,19-20,27,29,34,38,41H,5-14,17-18,21-26,28H2,1-4H3,(H,40,48)(H,42,46)(H,43,47)(H,49,50)/t41-,42?,48-,52-;29-,34-,38-/m00/s1. The molecule has 30 heteroatoms. The Balaban J connectivity index is 0.000000526. The molecule has 2 aromatic heterocycles. The lowest BCUT2D eigenvalue weighted by Gasteiger charge is -2.24. The zero-order chi connectivity index (χ0) is 89.2. The Morgan fingerprint density at radius 1 is 0.434 bits per heavy atom. The van der Waals surface area contributed by atoms with Crippen molar-refractivity contribution in [3.63, 3.8) is 0 Å². The van der Waals surface area contributed by atoms with E-state index in [0.717, 1.165) is 77.0 Å². The number of para-hydroxylation sites is 1. The number of rotatable bonds is 70. The Kier molecular flexibility index (Phi) is 55.3. The average Bonchev–Trinajstić information content (AvgIpc) is 1.67. The number of aromatic amines is 2. The van der Waals surface area contributed by atoms with E-state index in [1.54, 1.807) is 19.3 Å². The van der Waals surface area contributed by atoms with Gasteiger partial charge < -0.3 is 66.2 Å². The number of carbonyl (C=O) groups excluding carboxylic acids is 9. The third-order valence-corrected chi connectivity index (χ3v) is 23.7. The minimum absolute atomic E-state index is 0.0145. The summed E-state index contributed by atoms with van der Waals surface area (Å²) in [5.41, 5.74) is 4.33. The maximum absolute atomic E-state index is 13.3. The number of nitrogens with one attached hydrogen (secondary N) is 8. The summed E-state index contributed by atoms with van der Waals surface area (Å²) in [5, 5.41) is 27.7. The summed E-state index contributed by atoms with van der Waals surface area (Å²) in [6, 6.07) is 19.0. The van der Waals surface area contributed by atoms with Crippen molar-refractivity contribution < 1.29 is 94.7 Å². The summed E-state index contributed by atoms with van der Waals surface area (Å²) in [5.74, 6) is -3.29. The van der Waals surface area contributed by atoms with E-state index in [1.165, 1.54) is 122 Å². The number of ketones is 2. The molecule has 0 saturated carbocycles. The minimum atomic E-state index is -4.71. The monoisotopic (exact) mass is 1750 g/mol. The highest BCUT2D eigenvalue weighted by Crippen LogP contribution is 2.44. The molecule has 0 bridgehead atoms. The molecule has 3 unspecified atom stereocenters. The number of benzene rings is 3. The first-order valence-corrected chi connectivity index (χ1v) is 48.3. The summed E-state index contributed by atoms with van der Waals surface area (Å²) >= 11 is 0. The van der Waals surface area contributed by atoms with Crippen molar-refractivity contribution in [3.05, 3.63) is 102 Å². The molecular weight excluding hydrogens is 1600 g/mol. The van der Waals surface area contributed by atoms with Gasteiger partial charge in [-0.3, -0.25) is 61.2 Å². The number of ether oxygens (including phenoxy) is 2. The molecule has 28 nitrogen and oxygen atoms in total. The molecule has 0 fully saturated rings. The van der Waals surface area contributed by atoms with Gasteiger partial charge in [-0.15, -0.1) is 0 Å². The highest BCUT2D eigenvalue weighted by atomic mass is 31.2. The highest BCUT2D eigenvalue weighted by molar-refractivity contribution is 7.47. The Hall–Kier alpha value is -7.65. The molecule has 6 amide bonds. The van der Waals surface area contributed by atoms with Crippen molar-refractivity contribution in [2.75, 3.05) is 46.1 Å². The average molecular weight is 1750 g/mol. The van der Waals surface area contributed by atoms with E-state index < -0.39 is 95.9 Å². The molecule has 0 saturated heterocycles. The van der Waals surface area contributed by atoms with Gasteiger partial charge in [0.1, 0.15) is 36.5 Å². The van der Waals surface area contributed by atoms with Crippen LogP contribution >= 0.6 is 15.6 Å². The molecule has 11 N–H and O–H groups in total. The van der Waals surface area contributed by atoms with Crippen LogP contribution in [0, 0.1) is 11.8 Å². The van der Waals surface area contributed by atoms with Crippen LogP contribution in [0.15, 0.2) is 85.2 Å². The Bertz CT molecular complexity index is 3910. The first kappa shape index (κ1) is 107. The summed E-state index contributed by atoms with van der Waals surface area (Å²) in [7, 11) is -9.40. The van der Waals surface area contributed by atoms with Gasteiger partial charge >= 0.3 is 21.6 Å². The predicted molar refractivity (Wildman–Crippen MR) is 478 cm³/mol. The van der Waals surface area contributed by atoms with Crippen LogP contribution in [0.1, 0.15) is 303 Å². The summed E-state index contributed by atoms with van der Waals surface area (Å²) in [6.07, 6.45) is 37.1. The molecule has 0 radical (unpaired) electrons. The lowest BCUT2D eigenvalue weighted by Crippen LogP contribution is -2.51. The van der Waals surface area contributed by atoms with Gasteiger partial charge in [0.15, 0.2) is 11.6 Å². The van der Waals surface area contributed by atoms with Gasteiger partial charge in [-0.25, -0.2) is 9.13 Å². The number of hydrogen-bond acceptors (Lipinski definition) is 18. The Morgan fingerprint density at radius 3 is 1.27 bits per heavy atom. The van der Waals surface area contributed by atoms with E-state index in [9.17, 15) is 67.2 Å². The van der Waals surface area contributed by atoms with E-state index >= 15 is 0 Å². The van der Waals surface area contributed by atoms with Crippen molar-refractivity contribution in [1.82, 2.24) is 41.9 Å². The van der Waals surface area contributed by atoms with E-state index in [0.29, 0.717) is 63.7 Å². The van der Waals surface area contributed by atoms with E-state index in [1.807, 2.05) is 100 Å². The Labute approximate surface area is 725 Å². The van der Waals surface area contributed by atoms with Crippen molar-refractivity contribution in [2.24, 2.45) is 11.8 Å². The fraction of sp³-hybridized carbons (Fsp3) is 0.663. The smallest absolute Gasteiger partial charge is 0.472 e. The van der Waals surface area contributed by atoms with Gasteiger partial charge in [0.2, 0.25) is 35.4 Å². The third kappa shape index (κ3) is 47.4. The molecule has 686 valence electrons. The maximum Gasteiger partial charge on any atom is 0.472 e. The fourth-order valence-corrected chi connectivity index (χ4v) is 15.5. The largest absolute Gasteiger partial charge is 0.489 e. The maximum atomic E-state index is 13.3. The van der Waals surface area contributed by atoms with Crippen LogP contribution in [-0.4, -0.2) is 154 Å². The number of hydrogen-bond donors (Lipinski definition) is 11. The number of carbonyl (C=O) groups is 9. The molecule has 0 aliphatic rings. The number of unbranched alkanes of at least 4 members (excludes halogenated alkanes) is 25. The number of amides is 6. The molecule has 0 aliphatic carbocycles. The number of aromatic nitrogens is 2. The second kappa shape index (κ2) is 63.3. The van der Waals surface area contributed by atoms with E-state index in [4.69, 9.17) is 27.6 Å². The molecule has 5 aromatic rings. The number of phosphoric ester groups is 2. The Morgan fingerprint density at radius 2 is 0.836 bits per heavy atom. The molecule has 3 aromatic carbocycles. The summed E-state index contributed by atoms with van der Waals surface area (Å²) in [4.78, 5) is 143. The van der Waals surface area contributed by atoms with Crippen LogP contribution < -0.4 is 36.6 Å². The zero-order valence-electron chi connectivity index (χ0n) is 74.3. The van der Waals surface area contributed by atoms with Crippen molar-refractivity contribution in [1.29, 1.82) is 0 Å². The summed E-state index contributed by atoms with van der Waals surface area (Å²) < 4.78 is 57.0. The number of H-pyrrole nitrogens is 2. The zero-order valence-corrected chi connectivity index (χ0v) is 76.1. The van der Waals surface area contributed by atoms with Gasteiger partial charge in [0, 0.05) is 79.9 Å². The first-order chi connectivity index (χ1) is 58.7. The summed E-state index contributed by atoms with van der Waals surface area (Å²) in [6.45, 7) is 13.1. The molecule has 0 spiro atoms. The topological polar surface area (TPSA) is 408 Å². The van der Waals surface area contributed by atoms with Crippen LogP contribution in [0.4, 0.5) is 0 Å². The van der Waals surface area contributed by atoms with Crippen molar-refractivity contribution >= 4 is 90.4 Å². The molecule has 122 heavy (non-hydrogen) atoms. The van der Waals surface area contributed by atoms with Gasteiger partial charge in [-0.05, 0) is 98.2 Å². The lowest BCUT2D eigenvalue weighted by atomic mass is 9.98. The van der Waals surface area contributed by atoms with Gasteiger partial charge in [0.25, 0.3) is 0 Å². The number of esters is 1.